The Bertz CT molecular complexity index is 793. The molecule has 0 radical (unpaired) electrons. The predicted octanol–water partition coefficient (Wildman–Crippen LogP) is 3.42. The highest BCUT2D eigenvalue weighted by molar-refractivity contribution is 9.10. The lowest BCUT2D eigenvalue weighted by Crippen LogP contribution is -2.34. The molecule has 0 spiro atoms. The molecule has 6 nitrogen and oxygen atoms in total. The summed E-state index contributed by atoms with van der Waals surface area (Å²) in [5, 5.41) is 16.8. The lowest BCUT2D eigenvalue weighted by Gasteiger charge is -2.13. The van der Waals surface area contributed by atoms with Crippen molar-refractivity contribution in [3.05, 3.63) is 52.0 Å². The number of hydrogen-bond donors (Lipinski definition) is 3. The molecule has 3 N–H and O–H groups in total. The molecule has 0 heterocycles. The minimum atomic E-state index is -0.444. The first kappa shape index (κ1) is 18.8. The fourth-order valence-corrected chi connectivity index (χ4v) is 2.60. The number of ether oxygens (including phenoxy) is 1. The molecular weight excluding hydrogens is 386 g/mol. The number of rotatable bonds is 6. The number of hydrazone groups is 1. The second-order valence-corrected chi connectivity index (χ2v) is 6.38. The van der Waals surface area contributed by atoms with Crippen molar-refractivity contribution >= 4 is 33.7 Å². The number of carbonyl (C=O) groups excluding carboxylic acids is 1. The summed E-state index contributed by atoms with van der Waals surface area (Å²) in [7, 11) is 1.46. The highest BCUT2D eigenvalue weighted by Crippen LogP contribution is 2.34. The Kier molecular flexibility index (Phi) is 6.41. The average Bonchev–Trinajstić information content (AvgIpc) is 2.57. The number of phenols is 1. The van der Waals surface area contributed by atoms with E-state index >= 15 is 0 Å². The van der Waals surface area contributed by atoms with E-state index in [4.69, 9.17) is 4.74 Å². The SMILES string of the molecule is COc1cc(/C=N\NC(=O)[C@@H](C)Nc2cccc(C)c2)cc(Br)c1O. The first-order valence-electron chi connectivity index (χ1n) is 7.63. The van der Waals surface area contributed by atoms with Gasteiger partial charge in [-0.15, -0.1) is 0 Å². The van der Waals surface area contributed by atoms with E-state index in [1.54, 1.807) is 19.1 Å². The van der Waals surface area contributed by atoms with Gasteiger partial charge in [-0.2, -0.15) is 5.10 Å². The lowest BCUT2D eigenvalue weighted by atomic mass is 10.2. The smallest absolute Gasteiger partial charge is 0.262 e. The van der Waals surface area contributed by atoms with Gasteiger partial charge in [-0.25, -0.2) is 5.43 Å². The first-order valence-corrected chi connectivity index (χ1v) is 8.42. The number of aryl methyl sites for hydroxylation is 1. The molecule has 0 aromatic heterocycles. The Labute approximate surface area is 155 Å². The van der Waals surface area contributed by atoms with Crippen LogP contribution in [0.2, 0.25) is 0 Å². The molecule has 0 fully saturated rings. The minimum Gasteiger partial charge on any atom is -0.503 e. The Hall–Kier alpha value is -2.54. The number of nitrogens with one attached hydrogen (secondary N) is 2. The molecule has 0 saturated carbocycles. The van der Waals surface area contributed by atoms with Gasteiger partial charge in [0.15, 0.2) is 11.5 Å². The van der Waals surface area contributed by atoms with Crippen LogP contribution >= 0.6 is 15.9 Å². The van der Waals surface area contributed by atoms with E-state index in [0.29, 0.717) is 15.8 Å². The van der Waals surface area contributed by atoms with Gasteiger partial charge in [-0.3, -0.25) is 4.79 Å². The van der Waals surface area contributed by atoms with E-state index in [1.807, 2.05) is 31.2 Å². The van der Waals surface area contributed by atoms with Crippen molar-refractivity contribution in [2.24, 2.45) is 5.10 Å². The fraction of sp³-hybridized carbons (Fsp3) is 0.222. The lowest BCUT2D eigenvalue weighted by molar-refractivity contribution is -0.121. The molecule has 0 aliphatic heterocycles. The molecule has 2 aromatic rings. The maximum Gasteiger partial charge on any atom is 0.262 e. The summed E-state index contributed by atoms with van der Waals surface area (Å²) in [4.78, 5) is 12.1. The molecule has 1 amide bonds. The van der Waals surface area contributed by atoms with Crippen LogP contribution in [0, 0.1) is 6.92 Å². The largest absolute Gasteiger partial charge is 0.503 e. The number of halogens is 1. The van der Waals surface area contributed by atoms with Crippen molar-refractivity contribution in [3.63, 3.8) is 0 Å². The van der Waals surface area contributed by atoms with Gasteiger partial charge < -0.3 is 15.2 Å². The average molecular weight is 406 g/mol. The van der Waals surface area contributed by atoms with Crippen LogP contribution in [-0.2, 0) is 4.79 Å². The van der Waals surface area contributed by atoms with E-state index in [1.165, 1.54) is 13.3 Å². The van der Waals surface area contributed by atoms with Crippen LogP contribution in [0.15, 0.2) is 46.0 Å². The molecule has 25 heavy (non-hydrogen) atoms. The van der Waals surface area contributed by atoms with Gasteiger partial charge in [0.2, 0.25) is 0 Å². The van der Waals surface area contributed by atoms with Crippen molar-refractivity contribution in [1.29, 1.82) is 0 Å². The Balaban J connectivity index is 1.97. The van der Waals surface area contributed by atoms with E-state index in [0.717, 1.165) is 11.3 Å². The zero-order valence-electron chi connectivity index (χ0n) is 14.2. The summed E-state index contributed by atoms with van der Waals surface area (Å²) in [6, 6.07) is 10.6. The van der Waals surface area contributed by atoms with Crippen molar-refractivity contribution in [3.8, 4) is 11.5 Å². The molecule has 7 heteroatoms. The highest BCUT2D eigenvalue weighted by Gasteiger charge is 2.12. The maximum atomic E-state index is 12.1. The number of hydrogen-bond acceptors (Lipinski definition) is 5. The topological polar surface area (TPSA) is 83.0 Å². The number of methoxy groups -OCH3 is 1. The summed E-state index contributed by atoms with van der Waals surface area (Å²) in [5.74, 6) is 0.0684. The molecule has 0 saturated heterocycles. The molecular formula is C18H20BrN3O3. The van der Waals surface area contributed by atoms with Crippen molar-refractivity contribution in [2.45, 2.75) is 19.9 Å². The number of amides is 1. The molecule has 0 aliphatic carbocycles. The van der Waals surface area contributed by atoms with Crippen LogP contribution in [0.4, 0.5) is 5.69 Å². The van der Waals surface area contributed by atoms with Crippen LogP contribution < -0.4 is 15.5 Å². The summed E-state index contributed by atoms with van der Waals surface area (Å²) in [6.07, 6.45) is 1.48. The standard InChI is InChI=1S/C18H20BrN3O3/c1-11-5-4-6-14(7-11)21-12(2)18(24)22-20-10-13-8-15(19)17(23)16(9-13)25-3/h4-10,12,21,23H,1-3H3,(H,22,24)/b20-10-/t12-/m1/s1. The van der Waals surface area contributed by atoms with E-state index < -0.39 is 6.04 Å². The normalized spacial score (nSPS) is 12.0. The Morgan fingerprint density at radius 1 is 1.36 bits per heavy atom. The van der Waals surface area contributed by atoms with Crippen LogP contribution in [0.25, 0.3) is 0 Å². The molecule has 0 unspecified atom stereocenters. The number of carbonyl (C=O) groups is 1. The van der Waals surface area contributed by atoms with Gasteiger partial charge in [-0.05, 0) is 65.2 Å². The molecule has 2 rings (SSSR count). The number of nitrogens with zero attached hydrogens (tertiary/aromatic N) is 1. The Morgan fingerprint density at radius 2 is 2.12 bits per heavy atom. The second-order valence-electron chi connectivity index (χ2n) is 5.52. The zero-order valence-corrected chi connectivity index (χ0v) is 15.8. The van der Waals surface area contributed by atoms with Gasteiger partial charge >= 0.3 is 0 Å². The first-order chi connectivity index (χ1) is 11.9. The van der Waals surface area contributed by atoms with Gasteiger partial charge in [-0.1, -0.05) is 12.1 Å². The quantitative estimate of drug-likeness (QED) is 0.507. The fourth-order valence-electron chi connectivity index (χ4n) is 2.14. The van der Waals surface area contributed by atoms with Crippen LogP contribution in [-0.4, -0.2) is 30.4 Å². The minimum absolute atomic E-state index is 0.0136. The molecule has 0 aliphatic rings. The third kappa shape index (κ3) is 5.22. The Morgan fingerprint density at radius 3 is 2.80 bits per heavy atom. The summed E-state index contributed by atoms with van der Waals surface area (Å²) in [5.41, 5.74) is 5.14. The van der Waals surface area contributed by atoms with Crippen molar-refractivity contribution < 1.29 is 14.6 Å². The van der Waals surface area contributed by atoms with E-state index in [2.05, 4.69) is 31.8 Å². The van der Waals surface area contributed by atoms with Crippen LogP contribution in [0.5, 0.6) is 11.5 Å². The van der Waals surface area contributed by atoms with Gasteiger partial charge in [0, 0.05) is 5.69 Å². The van der Waals surface area contributed by atoms with Crippen LogP contribution in [0.1, 0.15) is 18.1 Å². The number of aromatic hydroxyl groups is 1. The molecule has 1 atom stereocenters. The number of anilines is 1. The summed E-state index contributed by atoms with van der Waals surface area (Å²) in [6.45, 7) is 3.75. The van der Waals surface area contributed by atoms with Crippen molar-refractivity contribution in [2.75, 3.05) is 12.4 Å². The molecule has 132 valence electrons. The maximum absolute atomic E-state index is 12.1. The highest BCUT2D eigenvalue weighted by atomic mass is 79.9. The predicted molar refractivity (Wildman–Crippen MR) is 102 cm³/mol. The molecule has 0 bridgehead atoms. The zero-order chi connectivity index (χ0) is 18.4. The van der Waals surface area contributed by atoms with Gasteiger partial charge in [0.25, 0.3) is 5.91 Å². The molecule has 2 aromatic carbocycles. The van der Waals surface area contributed by atoms with Gasteiger partial charge in [0.1, 0.15) is 6.04 Å². The van der Waals surface area contributed by atoms with E-state index in [-0.39, 0.29) is 11.7 Å². The summed E-state index contributed by atoms with van der Waals surface area (Å²) < 4.78 is 5.55. The summed E-state index contributed by atoms with van der Waals surface area (Å²) >= 11 is 3.24. The second kappa shape index (κ2) is 8.53. The van der Waals surface area contributed by atoms with Crippen molar-refractivity contribution in [1.82, 2.24) is 5.43 Å². The third-order valence-electron chi connectivity index (χ3n) is 3.45. The number of benzene rings is 2. The van der Waals surface area contributed by atoms with Crippen LogP contribution in [0.3, 0.4) is 0 Å². The monoisotopic (exact) mass is 405 g/mol. The number of phenolic OH excluding ortho intramolecular Hbond substituents is 1. The van der Waals surface area contributed by atoms with E-state index in [9.17, 15) is 9.90 Å². The third-order valence-corrected chi connectivity index (χ3v) is 4.06. The van der Waals surface area contributed by atoms with Gasteiger partial charge in [0.05, 0.1) is 17.8 Å².